The van der Waals surface area contributed by atoms with Gasteiger partial charge in [0, 0.05) is 18.8 Å². The maximum Gasteiger partial charge on any atom is 0.123 e. The van der Waals surface area contributed by atoms with E-state index < -0.39 is 6.10 Å². The highest BCUT2D eigenvalue weighted by atomic mass is 19.1. The Hall–Kier alpha value is -1.68. The van der Waals surface area contributed by atoms with E-state index in [1.807, 2.05) is 6.92 Å². The van der Waals surface area contributed by atoms with Gasteiger partial charge in [0.1, 0.15) is 11.9 Å². The lowest BCUT2D eigenvalue weighted by Gasteiger charge is -2.11. The summed E-state index contributed by atoms with van der Waals surface area (Å²) in [6.45, 7) is 1.84. The number of hydrogen-bond acceptors (Lipinski definition) is 2. The van der Waals surface area contributed by atoms with Crippen molar-refractivity contribution in [3.63, 3.8) is 0 Å². The van der Waals surface area contributed by atoms with Crippen LogP contribution in [0.5, 0.6) is 0 Å². The van der Waals surface area contributed by atoms with E-state index in [-0.39, 0.29) is 5.82 Å². The number of aryl methyl sites for hydroxylation is 2. The molecule has 1 N–H and O–H groups in total. The summed E-state index contributed by atoms with van der Waals surface area (Å²) < 4.78 is 14.7. The smallest absolute Gasteiger partial charge is 0.123 e. The third kappa shape index (κ3) is 1.97. The minimum Gasteiger partial charge on any atom is -0.384 e. The van der Waals surface area contributed by atoms with Crippen molar-refractivity contribution in [2.24, 2.45) is 7.05 Å². The van der Waals surface area contributed by atoms with Crippen LogP contribution in [0.25, 0.3) is 0 Å². The van der Waals surface area contributed by atoms with Gasteiger partial charge in [-0.1, -0.05) is 6.07 Å². The molecule has 4 heteroatoms. The van der Waals surface area contributed by atoms with E-state index in [4.69, 9.17) is 0 Å². The van der Waals surface area contributed by atoms with Gasteiger partial charge in [-0.3, -0.25) is 4.68 Å². The lowest BCUT2D eigenvalue weighted by Crippen LogP contribution is -2.01. The van der Waals surface area contributed by atoms with Crippen molar-refractivity contribution < 1.29 is 9.50 Å². The van der Waals surface area contributed by atoms with E-state index in [1.165, 1.54) is 12.1 Å². The fourth-order valence-electron chi connectivity index (χ4n) is 1.67. The molecule has 0 aliphatic rings. The van der Waals surface area contributed by atoms with Crippen molar-refractivity contribution in [2.45, 2.75) is 13.0 Å². The average Bonchev–Trinajstić information content (AvgIpc) is 2.67. The summed E-state index contributed by atoms with van der Waals surface area (Å²) in [5, 5.41) is 14.1. The molecule has 0 aliphatic heterocycles. The molecule has 0 saturated carbocycles. The molecular formula is C12H13FN2O. The molecule has 1 heterocycles. The Morgan fingerprint density at radius 2 is 2.19 bits per heavy atom. The summed E-state index contributed by atoms with van der Waals surface area (Å²) in [7, 11) is 1.77. The first-order valence-corrected chi connectivity index (χ1v) is 5.00. The molecule has 0 bridgehead atoms. The Labute approximate surface area is 93.2 Å². The molecule has 1 unspecified atom stereocenters. The van der Waals surface area contributed by atoms with Crippen LogP contribution < -0.4 is 0 Å². The Morgan fingerprint density at radius 1 is 1.44 bits per heavy atom. The van der Waals surface area contributed by atoms with Gasteiger partial charge in [-0.25, -0.2) is 4.39 Å². The van der Waals surface area contributed by atoms with E-state index in [0.717, 1.165) is 5.56 Å². The van der Waals surface area contributed by atoms with Gasteiger partial charge in [0.25, 0.3) is 0 Å². The molecule has 1 aromatic heterocycles. The summed E-state index contributed by atoms with van der Waals surface area (Å²) in [6, 6.07) is 4.39. The number of aromatic nitrogens is 2. The zero-order valence-corrected chi connectivity index (χ0v) is 9.18. The summed E-state index contributed by atoms with van der Waals surface area (Å²) in [6.07, 6.45) is 2.47. The highest BCUT2D eigenvalue weighted by molar-refractivity contribution is 5.34. The quantitative estimate of drug-likeness (QED) is 0.840. The molecule has 1 aromatic carbocycles. The molecular weight excluding hydrogens is 207 g/mol. The van der Waals surface area contributed by atoms with Crippen LogP contribution in [0.15, 0.2) is 30.6 Å². The Morgan fingerprint density at radius 3 is 2.81 bits per heavy atom. The number of aliphatic hydroxyl groups is 1. The molecule has 0 spiro atoms. The zero-order valence-electron chi connectivity index (χ0n) is 9.18. The summed E-state index contributed by atoms with van der Waals surface area (Å²) in [5.41, 5.74) is 2.10. The van der Waals surface area contributed by atoms with Crippen molar-refractivity contribution in [1.82, 2.24) is 9.78 Å². The van der Waals surface area contributed by atoms with E-state index in [9.17, 15) is 9.50 Å². The average molecular weight is 220 g/mol. The summed E-state index contributed by atoms with van der Waals surface area (Å²) >= 11 is 0. The van der Waals surface area contributed by atoms with Gasteiger partial charge < -0.3 is 5.11 Å². The van der Waals surface area contributed by atoms with Crippen molar-refractivity contribution in [2.75, 3.05) is 0 Å². The minimum atomic E-state index is -0.829. The molecule has 2 rings (SSSR count). The predicted octanol–water partition coefficient (Wildman–Crippen LogP) is 1.95. The Bertz CT molecular complexity index is 507. The molecule has 0 aliphatic carbocycles. The number of hydrogen-bond donors (Lipinski definition) is 1. The Balaban J connectivity index is 2.40. The van der Waals surface area contributed by atoms with Gasteiger partial charge >= 0.3 is 0 Å². The van der Waals surface area contributed by atoms with Crippen LogP contribution in [0.4, 0.5) is 4.39 Å². The first-order chi connectivity index (χ1) is 7.58. The first kappa shape index (κ1) is 10.8. The molecule has 16 heavy (non-hydrogen) atoms. The normalized spacial score (nSPS) is 12.8. The second-order valence-corrected chi connectivity index (χ2v) is 3.85. The number of benzene rings is 1. The second-order valence-electron chi connectivity index (χ2n) is 3.85. The van der Waals surface area contributed by atoms with Crippen LogP contribution in [-0.4, -0.2) is 14.9 Å². The van der Waals surface area contributed by atoms with E-state index in [0.29, 0.717) is 11.1 Å². The van der Waals surface area contributed by atoms with Gasteiger partial charge in [-0.15, -0.1) is 0 Å². The lowest BCUT2D eigenvalue weighted by atomic mass is 10.00. The Kier molecular flexibility index (Phi) is 2.75. The number of halogens is 1. The zero-order chi connectivity index (χ0) is 11.7. The monoisotopic (exact) mass is 220 g/mol. The maximum atomic E-state index is 13.1. The molecule has 3 nitrogen and oxygen atoms in total. The maximum absolute atomic E-state index is 13.1. The van der Waals surface area contributed by atoms with Crippen LogP contribution in [0.2, 0.25) is 0 Å². The number of nitrogens with zero attached hydrogens (tertiary/aromatic N) is 2. The third-order valence-corrected chi connectivity index (χ3v) is 2.58. The van der Waals surface area contributed by atoms with Gasteiger partial charge in [-0.05, 0) is 30.2 Å². The lowest BCUT2D eigenvalue weighted by molar-refractivity contribution is 0.219. The van der Waals surface area contributed by atoms with Crippen LogP contribution in [0.3, 0.4) is 0 Å². The van der Waals surface area contributed by atoms with Gasteiger partial charge in [0.05, 0.1) is 6.20 Å². The van der Waals surface area contributed by atoms with Crippen LogP contribution >= 0.6 is 0 Å². The third-order valence-electron chi connectivity index (χ3n) is 2.58. The summed E-state index contributed by atoms with van der Waals surface area (Å²) in [5.74, 6) is -0.344. The van der Waals surface area contributed by atoms with E-state index >= 15 is 0 Å². The van der Waals surface area contributed by atoms with Crippen molar-refractivity contribution in [3.8, 4) is 0 Å². The SMILES string of the molecule is Cc1ccc(F)cc1C(O)c1cnn(C)c1. The molecule has 0 radical (unpaired) electrons. The largest absolute Gasteiger partial charge is 0.384 e. The summed E-state index contributed by atoms with van der Waals surface area (Å²) in [4.78, 5) is 0. The fourth-order valence-corrected chi connectivity index (χ4v) is 1.67. The second kappa shape index (κ2) is 4.06. The molecule has 2 aromatic rings. The van der Waals surface area contributed by atoms with Crippen LogP contribution in [0, 0.1) is 12.7 Å². The fraction of sp³-hybridized carbons (Fsp3) is 0.250. The van der Waals surface area contributed by atoms with Crippen molar-refractivity contribution in [1.29, 1.82) is 0 Å². The van der Waals surface area contributed by atoms with Crippen LogP contribution in [-0.2, 0) is 7.05 Å². The highest BCUT2D eigenvalue weighted by Crippen LogP contribution is 2.24. The number of aliphatic hydroxyl groups excluding tert-OH is 1. The van der Waals surface area contributed by atoms with Crippen molar-refractivity contribution >= 4 is 0 Å². The van der Waals surface area contributed by atoms with E-state index in [2.05, 4.69) is 5.10 Å². The first-order valence-electron chi connectivity index (χ1n) is 5.00. The highest BCUT2D eigenvalue weighted by Gasteiger charge is 2.15. The molecule has 0 saturated heterocycles. The topological polar surface area (TPSA) is 38.1 Å². The van der Waals surface area contributed by atoms with Crippen LogP contribution in [0.1, 0.15) is 22.8 Å². The molecule has 1 atom stereocenters. The molecule has 0 fully saturated rings. The predicted molar refractivity (Wildman–Crippen MR) is 58.4 cm³/mol. The van der Waals surface area contributed by atoms with Crippen molar-refractivity contribution in [3.05, 3.63) is 53.1 Å². The molecule has 0 amide bonds. The standard InChI is InChI=1S/C12H13FN2O/c1-8-3-4-10(13)5-11(8)12(16)9-6-14-15(2)7-9/h3-7,12,16H,1-2H3. The van der Waals surface area contributed by atoms with Gasteiger partial charge in [-0.2, -0.15) is 5.10 Å². The van der Waals surface area contributed by atoms with E-state index in [1.54, 1.807) is 30.2 Å². The van der Waals surface area contributed by atoms with Gasteiger partial charge in [0.2, 0.25) is 0 Å². The molecule has 84 valence electrons. The number of rotatable bonds is 2. The van der Waals surface area contributed by atoms with Gasteiger partial charge in [0.15, 0.2) is 0 Å². The minimum absolute atomic E-state index is 0.344.